The minimum Gasteiger partial charge on any atom is 0 e. The third-order valence-electron chi connectivity index (χ3n) is 0. The molecule has 0 nitrogen and oxygen atoms in total. The molecule has 0 saturated heterocycles. The summed E-state index contributed by atoms with van der Waals surface area (Å²) in [6, 6.07) is 0. The van der Waals surface area contributed by atoms with Gasteiger partial charge in [0, 0.05) is 72.0 Å². The van der Waals surface area contributed by atoms with Crippen LogP contribution >= 0.6 is 0 Å². The van der Waals surface area contributed by atoms with Gasteiger partial charge < -0.3 is 0 Å². The van der Waals surface area contributed by atoms with Crippen LogP contribution in [-0.4, -0.2) is 31.5 Å². The van der Waals surface area contributed by atoms with Crippen LogP contribution in [0.15, 0.2) is 0 Å². The normalized spacial score (nSPS) is 0. The first-order valence-corrected chi connectivity index (χ1v) is 0. The average Bonchev–Trinajstić information content (AvgIpc) is 0. The monoisotopic (exact) mass is 197 g/mol. The molecular weight excluding hydrogens is 196 g/mol. The van der Waals surface area contributed by atoms with Gasteiger partial charge in [-0.2, -0.15) is 0 Å². The van der Waals surface area contributed by atoms with Crippen molar-refractivity contribution in [3.05, 3.63) is 0 Å². The first kappa shape index (κ1) is 35.4. The molecule has 0 rings (SSSR count). The second-order valence-corrected chi connectivity index (χ2v) is 0. The summed E-state index contributed by atoms with van der Waals surface area (Å²) >= 11 is 0. The Labute approximate surface area is 71.2 Å². The Balaban J connectivity index is 0. The van der Waals surface area contributed by atoms with Crippen LogP contribution in [0, 0.1) is 0 Å². The molecule has 0 aromatic rings. The smallest absolute Gasteiger partial charge is 0 e. The predicted molar refractivity (Wildman–Crippen MR) is 11.5 cm³/mol. The Bertz CT molecular complexity index is 8.00. The summed E-state index contributed by atoms with van der Waals surface area (Å²) in [6.45, 7) is 0. The van der Waals surface area contributed by atoms with Gasteiger partial charge in [-0.25, -0.2) is 0 Å². The van der Waals surface area contributed by atoms with Crippen LogP contribution in [0.3, 0.4) is 0 Å². The molecule has 0 N–H and O–H groups in total. The average molecular weight is 196 g/mol. The predicted octanol–water partition coefficient (Wildman–Crippen LogP) is -0.767. The Kier molecular flexibility index (Phi) is 170. The van der Waals surface area contributed by atoms with Gasteiger partial charge in [0.05, 0.1) is 0 Å². The van der Waals surface area contributed by atoms with Crippen molar-refractivity contribution < 1.29 is 40.5 Å². The summed E-state index contributed by atoms with van der Waals surface area (Å²) in [6.07, 6.45) is 0. The van der Waals surface area contributed by atoms with Gasteiger partial charge in [0.1, 0.15) is 0 Å². The van der Waals surface area contributed by atoms with Crippen LogP contribution in [0.1, 0.15) is 0 Å². The molecule has 0 spiro atoms. The molecule has 0 saturated carbocycles. The minimum atomic E-state index is 0. The van der Waals surface area contributed by atoms with Crippen LogP contribution < -0.4 is 0 Å². The zero-order valence-corrected chi connectivity index (χ0v) is 8.79. The first-order chi connectivity index (χ1) is 0. The molecule has 0 unspecified atom stereocenters. The minimum absolute atomic E-state index is 0. The third kappa shape index (κ3) is 8.91. The molecule has 0 bridgehead atoms. The maximum absolute atomic E-state index is 0. The van der Waals surface area contributed by atoms with Gasteiger partial charge in [0.2, 0.25) is 0 Å². The van der Waals surface area contributed by atoms with Crippen molar-refractivity contribution in [3.63, 3.8) is 0 Å². The standard InChI is InChI=1S/B.Mg.Mo.Zn. The molecule has 0 atom stereocenters. The molecule has 0 aromatic carbocycles. The van der Waals surface area contributed by atoms with Crippen molar-refractivity contribution in [1.29, 1.82) is 0 Å². The zero-order chi connectivity index (χ0) is 0. The molecule has 0 amide bonds. The van der Waals surface area contributed by atoms with Gasteiger partial charge >= 0.3 is 0 Å². The van der Waals surface area contributed by atoms with E-state index in [0.29, 0.717) is 0 Å². The summed E-state index contributed by atoms with van der Waals surface area (Å²) in [5, 5.41) is 0. The van der Waals surface area contributed by atoms with E-state index in [9.17, 15) is 0 Å². The summed E-state index contributed by atoms with van der Waals surface area (Å²) in [7, 11) is 0. The number of rotatable bonds is 0. The molecular formula is BMgMoZn. The molecule has 0 aliphatic heterocycles. The van der Waals surface area contributed by atoms with Crippen molar-refractivity contribution in [1.82, 2.24) is 0 Å². The quantitative estimate of drug-likeness (QED) is 0.447. The van der Waals surface area contributed by atoms with Gasteiger partial charge in [0.15, 0.2) is 0 Å². The van der Waals surface area contributed by atoms with Crippen LogP contribution in [0.2, 0.25) is 0 Å². The van der Waals surface area contributed by atoms with Gasteiger partial charge in [-0.1, -0.05) is 0 Å². The van der Waals surface area contributed by atoms with E-state index >= 15 is 0 Å². The number of hydrogen-bond donors (Lipinski definition) is 0. The van der Waals surface area contributed by atoms with Gasteiger partial charge in [-0.15, -0.1) is 0 Å². The maximum atomic E-state index is 0. The van der Waals surface area contributed by atoms with Crippen LogP contribution in [0.5, 0.6) is 0 Å². The van der Waals surface area contributed by atoms with Crippen molar-refractivity contribution in [2.45, 2.75) is 0 Å². The van der Waals surface area contributed by atoms with Gasteiger partial charge in [-0.3, -0.25) is 0 Å². The van der Waals surface area contributed by atoms with Gasteiger partial charge in [0.25, 0.3) is 0 Å². The Morgan fingerprint density at radius 3 is 1.00 bits per heavy atom. The van der Waals surface area contributed by atoms with E-state index in [1.165, 1.54) is 0 Å². The Morgan fingerprint density at radius 1 is 1.00 bits per heavy atom. The van der Waals surface area contributed by atoms with Crippen molar-refractivity contribution in [3.8, 4) is 0 Å². The van der Waals surface area contributed by atoms with Crippen molar-refractivity contribution >= 4 is 31.5 Å². The summed E-state index contributed by atoms with van der Waals surface area (Å²) in [5.74, 6) is 0. The Morgan fingerprint density at radius 2 is 1.00 bits per heavy atom. The second-order valence-electron chi connectivity index (χ2n) is 0. The molecule has 0 aliphatic rings. The van der Waals surface area contributed by atoms with Crippen molar-refractivity contribution in [2.75, 3.05) is 0 Å². The third-order valence-corrected chi connectivity index (χ3v) is 0. The van der Waals surface area contributed by atoms with E-state index in [1.54, 1.807) is 0 Å². The van der Waals surface area contributed by atoms with E-state index in [2.05, 4.69) is 0 Å². The van der Waals surface area contributed by atoms with Crippen LogP contribution in [0.4, 0.5) is 0 Å². The Hall–Kier alpha value is 2.14. The van der Waals surface area contributed by atoms with E-state index in [1.807, 2.05) is 0 Å². The fraction of sp³-hybridized carbons (Fsp3) is 0. The van der Waals surface area contributed by atoms with E-state index in [0.717, 1.165) is 0 Å². The molecule has 0 aliphatic carbocycles. The SMILES string of the molecule is [B].[Mg].[Mo].[Zn]. The molecule has 0 aromatic heterocycles. The molecule has 4 heavy (non-hydrogen) atoms. The van der Waals surface area contributed by atoms with Crippen LogP contribution in [-0.2, 0) is 40.5 Å². The molecule has 0 fully saturated rings. The van der Waals surface area contributed by atoms with Crippen molar-refractivity contribution in [2.24, 2.45) is 0 Å². The number of hydrogen-bond acceptors (Lipinski definition) is 0. The zero-order valence-electron chi connectivity index (χ0n) is 2.40. The van der Waals surface area contributed by atoms with Gasteiger partial charge in [-0.05, 0) is 0 Å². The largest absolute Gasteiger partial charge is 0 e. The van der Waals surface area contributed by atoms with E-state index in [-0.39, 0.29) is 72.0 Å². The molecule has 13 valence electrons. The molecule has 4 heteroatoms. The van der Waals surface area contributed by atoms with Crippen LogP contribution in [0.25, 0.3) is 0 Å². The van der Waals surface area contributed by atoms with E-state index in [4.69, 9.17) is 0 Å². The second kappa shape index (κ2) is 19.2. The van der Waals surface area contributed by atoms with E-state index < -0.39 is 0 Å². The summed E-state index contributed by atoms with van der Waals surface area (Å²) in [4.78, 5) is 0. The summed E-state index contributed by atoms with van der Waals surface area (Å²) in [5.41, 5.74) is 0. The first-order valence-electron chi connectivity index (χ1n) is 0. The maximum Gasteiger partial charge on any atom is 0 e. The fourth-order valence-corrected chi connectivity index (χ4v) is 0. The topological polar surface area (TPSA) is 0 Å². The fourth-order valence-electron chi connectivity index (χ4n) is 0. The molecule has 5 radical (unpaired) electrons. The summed E-state index contributed by atoms with van der Waals surface area (Å²) < 4.78 is 0. The molecule has 0 heterocycles.